The van der Waals surface area contributed by atoms with Crippen molar-refractivity contribution in [2.75, 3.05) is 13.1 Å². The van der Waals surface area contributed by atoms with Gasteiger partial charge in [-0.3, -0.25) is 19.4 Å². The zero-order valence-electron chi connectivity index (χ0n) is 17.2. The van der Waals surface area contributed by atoms with Crippen molar-refractivity contribution in [1.82, 2.24) is 19.7 Å². The molecule has 4 heterocycles. The summed E-state index contributed by atoms with van der Waals surface area (Å²) >= 11 is 1.37. The third-order valence-corrected chi connectivity index (χ3v) is 6.84. The van der Waals surface area contributed by atoms with Crippen molar-refractivity contribution in [3.63, 3.8) is 0 Å². The minimum Gasteiger partial charge on any atom is -0.338 e. The van der Waals surface area contributed by atoms with Gasteiger partial charge in [0, 0.05) is 19.1 Å². The Kier molecular flexibility index (Phi) is 5.67. The Balaban J connectivity index is 1.71. The van der Waals surface area contributed by atoms with E-state index in [1.807, 2.05) is 25.3 Å². The fourth-order valence-electron chi connectivity index (χ4n) is 4.09. The highest BCUT2D eigenvalue weighted by atomic mass is 32.1. The van der Waals surface area contributed by atoms with Crippen LogP contribution in [0.1, 0.15) is 66.0 Å². The second-order valence-electron chi connectivity index (χ2n) is 7.91. The number of carbonyl (C=O) groups excluding carboxylic acids is 1. The van der Waals surface area contributed by atoms with Crippen LogP contribution in [0, 0.1) is 0 Å². The van der Waals surface area contributed by atoms with Gasteiger partial charge in [0.05, 0.1) is 10.3 Å². The van der Waals surface area contributed by atoms with Gasteiger partial charge in [-0.05, 0) is 55.2 Å². The van der Waals surface area contributed by atoms with Gasteiger partial charge < -0.3 is 4.90 Å². The molecule has 4 rings (SSSR count). The second kappa shape index (κ2) is 8.14. The number of aromatic amines is 1. The van der Waals surface area contributed by atoms with Crippen LogP contribution in [0.15, 0.2) is 28.4 Å². The number of pyridine rings is 1. The molecule has 1 aliphatic rings. The summed E-state index contributed by atoms with van der Waals surface area (Å²) in [5.41, 5.74) is -1.02. The Bertz CT molecular complexity index is 1140. The van der Waals surface area contributed by atoms with Gasteiger partial charge in [0.1, 0.15) is 5.69 Å². The zero-order chi connectivity index (χ0) is 22.3. The van der Waals surface area contributed by atoms with E-state index < -0.39 is 17.4 Å². The molecule has 0 saturated carbocycles. The van der Waals surface area contributed by atoms with Gasteiger partial charge in [0.15, 0.2) is 5.65 Å². The molecule has 1 amide bonds. The highest BCUT2D eigenvalue weighted by molar-refractivity contribution is 7.12. The van der Waals surface area contributed by atoms with Crippen LogP contribution in [-0.4, -0.2) is 38.7 Å². The lowest BCUT2D eigenvalue weighted by molar-refractivity contribution is -0.141. The first-order valence-electron chi connectivity index (χ1n) is 10.3. The summed E-state index contributed by atoms with van der Waals surface area (Å²) in [5, 5.41) is 4.73. The van der Waals surface area contributed by atoms with E-state index >= 15 is 0 Å². The molecular formula is C21H23F3N4O2S. The van der Waals surface area contributed by atoms with E-state index in [0.717, 1.165) is 6.07 Å². The van der Waals surface area contributed by atoms with Crippen LogP contribution >= 0.6 is 11.3 Å². The molecule has 1 aliphatic heterocycles. The van der Waals surface area contributed by atoms with Gasteiger partial charge in [0.2, 0.25) is 0 Å². The molecule has 6 nitrogen and oxygen atoms in total. The molecule has 0 aromatic carbocycles. The first-order chi connectivity index (χ1) is 14.7. The minimum atomic E-state index is -4.62. The van der Waals surface area contributed by atoms with Crippen LogP contribution in [-0.2, 0) is 6.18 Å². The highest BCUT2D eigenvalue weighted by Gasteiger charge is 2.36. The largest absolute Gasteiger partial charge is 0.433 e. The van der Waals surface area contributed by atoms with Gasteiger partial charge in [0.25, 0.3) is 11.5 Å². The number of amides is 1. The molecule has 3 aromatic rings. The highest BCUT2D eigenvalue weighted by Crippen LogP contribution is 2.37. The van der Waals surface area contributed by atoms with Crippen LogP contribution in [0.4, 0.5) is 13.2 Å². The quantitative estimate of drug-likeness (QED) is 0.618. The Hall–Kier alpha value is -2.62. The van der Waals surface area contributed by atoms with Crippen molar-refractivity contribution < 1.29 is 18.0 Å². The topological polar surface area (TPSA) is 71.0 Å². The van der Waals surface area contributed by atoms with Gasteiger partial charge in [-0.15, -0.1) is 11.3 Å². The van der Waals surface area contributed by atoms with E-state index in [2.05, 4.69) is 10.1 Å². The predicted molar refractivity (Wildman–Crippen MR) is 113 cm³/mol. The number of H-pyrrole nitrogens is 1. The van der Waals surface area contributed by atoms with Crippen molar-refractivity contribution in [3.8, 4) is 0 Å². The number of hydrogen-bond donors (Lipinski definition) is 1. The van der Waals surface area contributed by atoms with Crippen molar-refractivity contribution in [2.45, 2.75) is 51.2 Å². The summed E-state index contributed by atoms with van der Waals surface area (Å²) in [6, 6.07) is 4.39. The van der Waals surface area contributed by atoms with Crippen LogP contribution in [0.25, 0.3) is 11.0 Å². The number of piperidine rings is 1. The number of halogens is 3. The lowest BCUT2D eigenvalue weighted by Crippen LogP contribution is -2.37. The molecule has 1 saturated heterocycles. The zero-order valence-corrected chi connectivity index (χ0v) is 18.0. The molecular weight excluding hydrogens is 429 g/mol. The number of thiophene rings is 1. The standard InChI is InChI=1S/C21H23F3N4O2S/c1-3-12(2)28-18-17(19(29)26-28)14(11-16(25-18)21(22,23)24)13-6-8-27(9-7-13)20(30)15-5-4-10-31-15/h4-5,10-13H,3,6-9H2,1-2H3,(H,26,29). The molecule has 0 spiro atoms. The lowest BCUT2D eigenvalue weighted by Gasteiger charge is -2.32. The van der Waals surface area contributed by atoms with Gasteiger partial charge in [-0.2, -0.15) is 13.2 Å². The fourth-order valence-corrected chi connectivity index (χ4v) is 4.79. The van der Waals surface area contributed by atoms with Crippen molar-refractivity contribution in [3.05, 3.63) is 50.1 Å². The lowest BCUT2D eigenvalue weighted by atomic mass is 9.87. The summed E-state index contributed by atoms with van der Waals surface area (Å²) in [5.74, 6) is -0.321. The molecule has 10 heteroatoms. The van der Waals surface area contributed by atoms with E-state index in [4.69, 9.17) is 0 Å². The smallest absolute Gasteiger partial charge is 0.338 e. The third kappa shape index (κ3) is 4.00. The number of carbonyl (C=O) groups is 1. The van der Waals surface area contributed by atoms with E-state index in [-0.39, 0.29) is 28.9 Å². The first-order valence-corrected chi connectivity index (χ1v) is 11.1. The molecule has 3 aromatic heterocycles. The molecule has 0 radical (unpaired) electrons. The van der Waals surface area contributed by atoms with Crippen LogP contribution < -0.4 is 5.56 Å². The number of nitrogens with one attached hydrogen (secondary N) is 1. The maximum Gasteiger partial charge on any atom is 0.433 e. The maximum absolute atomic E-state index is 13.6. The average Bonchev–Trinajstić information content (AvgIpc) is 3.40. The van der Waals surface area contributed by atoms with Crippen molar-refractivity contribution >= 4 is 28.3 Å². The number of nitrogens with zero attached hydrogens (tertiary/aromatic N) is 3. The molecule has 1 atom stereocenters. The number of alkyl halides is 3. The minimum absolute atomic E-state index is 0.0428. The second-order valence-corrected chi connectivity index (χ2v) is 8.85. The Labute approximate surface area is 180 Å². The Morgan fingerprint density at radius 1 is 1.35 bits per heavy atom. The monoisotopic (exact) mass is 452 g/mol. The third-order valence-electron chi connectivity index (χ3n) is 5.98. The van der Waals surface area contributed by atoms with E-state index in [0.29, 0.717) is 42.8 Å². The molecule has 31 heavy (non-hydrogen) atoms. The van der Waals surface area contributed by atoms with Crippen molar-refractivity contribution in [1.29, 1.82) is 0 Å². The molecule has 1 N–H and O–H groups in total. The van der Waals surface area contributed by atoms with Gasteiger partial charge in [-0.25, -0.2) is 4.98 Å². The summed E-state index contributed by atoms with van der Waals surface area (Å²) in [7, 11) is 0. The van der Waals surface area contributed by atoms with Crippen molar-refractivity contribution in [2.24, 2.45) is 0 Å². The number of rotatable bonds is 4. The number of hydrogen-bond acceptors (Lipinski definition) is 4. The van der Waals surface area contributed by atoms with Gasteiger partial charge in [-0.1, -0.05) is 13.0 Å². The molecule has 0 aliphatic carbocycles. The average molecular weight is 453 g/mol. The van der Waals surface area contributed by atoms with Crippen LogP contribution in [0.5, 0.6) is 0 Å². The van der Waals surface area contributed by atoms with E-state index in [1.54, 1.807) is 11.0 Å². The molecule has 166 valence electrons. The Morgan fingerprint density at radius 3 is 2.65 bits per heavy atom. The number of likely N-dealkylation sites (tertiary alicyclic amines) is 1. The van der Waals surface area contributed by atoms with E-state index in [9.17, 15) is 22.8 Å². The van der Waals surface area contributed by atoms with Crippen LogP contribution in [0.3, 0.4) is 0 Å². The summed E-state index contributed by atoms with van der Waals surface area (Å²) < 4.78 is 42.2. The first kappa shape index (κ1) is 21.6. The summed E-state index contributed by atoms with van der Waals surface area (Å²) in [4.78, 5) is 31.5. The fraction of sp³-hybridized carbons (Fsp3) is 0.476. The maximum atomic E-state index is 13.6. The number of fused-ring (bicyclic) bond motifs is 1. The summed E-state index contributed by atoms with van der Waals surface area (Å²) in [6.45, 7) is 4.57. The summed E-state index contributed by atoms with van der Waals surface area (Å²) in [6.07, 6.45) is -3.01. The predicted octanol–water partition coefficient (Wildman–Crippen LogP) is 4.80. The Morgan fingerprint density at radius 2 is 2.06 bits per heavy atom. The van der Waals surface area contributed by atoms with E-state index in [1.165, 1.54) is 16.0 Å². The number of aromatic nitrogens is 3. The van der Waals surface area contributed by atoms with Gasteiger partial charge >= 0.3 is 6.18 Å². The molecule has 1 fully saturated rings. The SMILES string of the molecule is CCC(C)n1[nH]c(=O)c2c(C3CCN(C(=O)c4cccs4)CC3)cc(C(F)(F)F)nc21. The van der Waals surface area contributed by atoms with Crippen LogP contribution in [0.2, 0.25) is 0 Å². The normalized spacial score (nSPS) is 16.7. The molecule has 1 unspecified atom stereocenters. The molecule has 0 bridgehead atoms.